The minimum atomic E-state index is 0.273. The number of rotatable bonds is 5. The standard InChI is InChI=1S/C19H22ClNO2/c1-12-8-13(10-14(20)9-12)11-21-16-5-4-15-17(22-2)6-7-18(23-3)19(15)16/h6-10,16,21H,4-5,11H2,1-3H3. The average Bonchev–Trinajstić information content (AvgIpc) is 2.95. The van der Waals surface area contributed by atoms with E-state index in [0.717, 1.165) is 35.9 Å². The largest absolute Gasteiger partial charge is 0.496 e. The van der Waals surface area contributed by atoms with Crippen LogP contribution < -0.4 is 14.8 Å². The molecule has 3 nitrogen and oxygen atoms in total. The summed E-state index contributed by atoms with van der Waals surface area (Å²) in [7, 11) is 3.44. The van der Waals surface area contributed by atoms with Crippen molar-refractivity contribution in [3.8, 4) is 11.5 Å². The molecular formula is C19H22ClNO2. The molecule has 122 valence electrons. The minimum Gasteiger partial charge on any atom is -0.496 e. The Labute approximate surface area is 142 Å². The number of hydrogen-bond acceptors (Lipinski definition) is 3. The number of aryl methyl sites for hydroxylation is 1. The highest BCUT2D eigenvalue weighted by atomic mass is 35.5. The topological polar surface area (TPSA) is 30.5 Å². The molecule has 23 heavy (non-hydrogen) atoms. The first kappa shape index (κ1) is 16.2. The van der Waals surface area contributed by atoms with Gasteiger partial charge in [0, 0.05) is 28.7 Å². The second-order valence-electron chi connectivity index (χ2n) is 5.97. The molecule has 2 aromatic rings. The fourth-order valence-electron chi connectivity index (χ4n) is 3.42. The predicted molar refractivity (Wildman–Crippen MR) is 93.6 cm³/mol. The average molecular weight is 332 g/mol. The number of benzene rings is 2. The number of ether oxygens (including phenoxy) is 2. The van der Waals surface area contributed by atoms with Crippen LogP contribution >= 0.6 is 11.6 Å². The maximum Gasteiger partial charge on any atom is 0.124 e. The summed E-state index contributed by atoms with van der Waals surface area (Å²) in [6, 6.07) is 10.4. The van der Waals surface area contributed by atoms with E-state index in [1.54, 1.807) is 14.2 Å². The van der Waals surface area contributed by atoms with Gasteiger partial charge in [-0.15, -0.1) is 0 Å². The molecule has 1 atom stereocenters. The molecule has 3 rings (SSSR count). The van der Waals surface area contributed by atoms with Gasteiger partial charge in [0.25, 0.3) is 0 Å². The number of methoxy groups -OCH3 is 2. The SMILES string of the molecule is COc1ccc(OC)c2c1CCC2NCc1cc(C)cc(Cl)c1. The van der Waals surface area contributed by atoms with Gasteiger partial charge in [-0.1, -0.05) is 17.7 Å². The Morgan fingerprint density at radius 1 is 1.13 bits per heavy atom. The Morgan fingerprint density at radius 3 is 2.57 bits per heavy atom. The Kier molecular flexibility index (Phi) is 4.79. The van der Waals surface area contributed by atoms with Crippen LogP contribution in [-0.2, 0) is 13.0 Å². The van der Waals surface area contributed by atoms with Crippen LogP contribution in [0.5, 0.6) is 11.5 Å². The molecule has 0 amide bonds. The highest BCUT2D eigenvalue weighted by Gasteiger charge is 2.28. The van der Waals surface area contributed by atoms with Crippen LogP contribution in [0.1, 0.15) is 34.7 Å². The van der Waals surface area contributed by atoms with Crippen molar-refractivity contribution in [2.75, 3.05) is 14.2 Å². The first-order valence-electron chi connectivity index (χ1n) is 7.85. The number of hydrogen-bond donors (Lipinski definition) is 1. The van der Waals surface area contributed by atoms with Crippen LogP contribution in [0.25, 0.3) is 0 Å². The van der Waals surface area contributed by atoms with E-state index < -0.39 is 0 Å². The molecule has 0 bridgehead atoms. The van der Waals surface area contributed by atoms with Gasteiger partial charge in [0.05, 0.1) is 14.2 Å². The smallest absolute Gasteiger partial charge is 0.124 e. The van der Waals surface area contributed by atoms with Crippen molar-refractivity contribution >= 4 is 11.6 Å². The van der Waals surface area contributed by atoms with Gasteiger partial charge in [0.1, 0.15) is 11.5 Å². The Morgan fingerprint density at radius 2 is 1.87 bits per heavy atom. The Hall–Kier alpha value is -1.71. The summed E-state index contributed by atoms with van der Waals surface area (Å²) in [4.78, 5) is 0. The first-order valence-corrected chi connectivity index (χ1v) is 8.23. The van der Waals surface area contributed by atoms with Crippen LogP contribution in [-0.4, -0.2) is 14.2 Å². The fraction of sp³-hybridized carbons (Fsp3) is 0.368. The van der Waals surface area contributed by atoms with Crippen molar-refractivity contribution in [3.05, 3.63) is 57.6 Å². The second kappa shape index (κ2) is 6.81. The quantitative estimate of drug-likeness (QED) is 0.878. The molecule has 1 unspecified atom stereocenters. The summed E-state index contributed by atoms with van der Waals surface area (Å²) in [5, 5.41) is 4.43. The molecular weight excluding hydrogens is 310 g/mol. The molecule has 4 heteroatoms. The Balaban J connectivity index is 1.82. The van der Waals surface area contributed by atoms with Gasteiger partial charge in [0.2, 0.25) is 0 Å². The molecule has 1 aliphatic carbocycles. The van der Waals surface area contributed by atoms with E-state index in [4.69, 9.17) is 21.1 Å². The van der Waals surface area contributed by atoms with Gasteiger partial charge >= 0.3 is 0 Å². The summed E-state index contributed by atoms with van der Waals surface area (Å²) < 4.78 is 11.1. The lowest BCUT2D eigenvalue weighted by Gasteiger charge is -2.18. The lowest BCUT2D eigenvalue weighted by Crippen LogP contribution is -2.19. The molecule has 0 fully saturated rings. The third kappa shape index (κ3) is 3.31. The maximum atomic E-state index is 6.15. The predicted octanol–water partition coefficient (Wildman–Crippen LogP) is 4.44. The van der Waals surface area contributed by atoms with E-state index in [9.17, 15) is 0 Å². The van der Waals surface area contributed by atoms with Gasteiger partial charge in [-0.05, 0) is 55.2 Å². The summed E-state index contributed by atoms with van der Waals surface area (Å²) >= 11 is 6.15. The zero-order chi connectivity index (χ0) is 16.4. The van der Waals surface area contributed by atoms with Gasteiger partial charge in [0.15, 0.2) is 0 Å². The van der Waals surface area contributed by atoms with Gasteiger partial charge in [-0.3, -0.25) is 0 Å². The molecule has 0 saturated carbocycles. The molecule has 0 radical (unpaired) electrons. The summed E-state index contributed by atoms with van der Waals surface area (Å²) in [5.41, 5.74) is 4.86. The minimum absolute atomic E-state index is 0.273. The fourth-order valence-corrected chi connectivity index (χ4v) is 3.74. The van der Waals surface area contributed by atoms with Gasteiger partial charge < -0.3 is 14.8 Å². The highest BCUT2D eigenvalue weighted by molar-refractivity contribution is 6.30. The third-order valence-corrected chi connectivity index (χ3v) is 4.62. The van der Waals surface area contributed by atoms with E-state index in [-0.39, 0.29) is 6.04 Å². The number of nitrogens with one attached hydrogen (secondary N) is 1. The molecule has 0 aromatic heterocycles. The van der Waals surface area contributed by atoms with E-state index in [2.05, 4.69) is 18.3 Å². The van der Waals surface area contributed by atoms with Gasteiger partial charge in [-0.2, -0.15) is 0 Å². The van der Waals surface area contributed by atoms with Crippen LogP contribution in [0.4, 0.5) is 0 Å². The third-order valence-electron chi connectivity index (χ3n) is 4.40. The zero-order valence-corrected chi connectivity index (χ0v) is 14.5. The number of fused-ring (bicyclic) bond motifs is 1. The normalized spacial score (nSPS) is 16.3. The monoisotopic (exact) mass is 331 g/mol. The molecule has 0 spiro atoms. The summed E-state index contributed by atoms with van der Waals surface area (Å²) in [6.07, 6.45) is 2.05. The van der Waals surface area contributed by atoms with Gasteiger partial charge in [-0.25, -0.2) is 0 Å². The van der Waals surface area contributed by atoms with Crippen molar-refractivity contribution in [3.63, 3.8) is 0 Å². The number of halogens is 1. The van der Waals surface area contributed by atoms with Crippen molar-refractivity contribution in [2.45, 2.75) is 32.4 Å². The van der Waals surface area contributed by atoms with E-state index in [0.29, 0.717) is 0 Å². The summed E-state index contributed by atoms with van der Waals surface area (Å²) in [5.74, 6) is 1.88. The highest BCUT2D eigenvalue weighted by Crippen LogP contribution is 2.42. The van der Waals surface area contributed by atoms with Crippen molar-refractivity contribution in [1.29, 1.82) is 0 Å². The molecule has 2 aromatic carbocycles. The first-order chi connectivity index (χ1) is 11.1. The Bertz CT molecular complexity index is 695. The molecule has 0 heterocycles. The van der Waals surface area contributed by atoms with Crippen LogP contribution in [0.3, 0.4) is 0 Å². The van der Waals surface area contributed by atoms with Crippen LogP contribution in [0.2, 0.25) is 5.02 Å². The van der Waals surface area contributed by atoms with E-state index in [1.165, 1.54) is 22.3 Å². The molecule has 0 aliphatic heterocycles. The van der Waals surface area contributed by atoms with Crippen molar-refractivity contribution < 1.29 is 9.47 Å². The van der Waals surface area contributed by atoms with Crippen molar-refractivity contribution in [1.82, 2.24) is 5.32 Å². The lowest BCUT2D eigenvalue weighted by atomic mass is 10.0. The zero-order valence-electron chi connectivity index (χ0n) is 13.8. The van der Waals surface area contributed by atoms with Crippen LogP contribution in [0.15, 0.2) is 30.3 Å². The van der Waals surface area contributed by atoms with Crippen molar-refractivity contribution in [2.24, 2.45) is 0 Å². The van der Waals surface area contributed by atoms with E-state index in [1.807, 2.05) is 24.3 Å². The second-order valence-corrected chi connectivity index (χ2v) is 6.41. The molecule has 1 aliphatic rings. The molecule has 1 N–H and O–H groups in total. The summed E-state index contributed by atoms with van der Waals surface area (Å²) in [6.45, 7) is 2.85. The van der Waals surface area contributed by atoms with Crippen LogP contribution in [0, 0.1) is 6.92 Å². The maximum absolute atomic E-state index is 6.15. The van der Waals surface area contributed by atoms with E-state index >= 15 is 0 Å². The lowest BCUT2D eigenvalue weighted by molar-refractivity contribution is 0.392. The molecule has 0 saturated heterocycles.